The van der Waals surface area contributed by atoms with E-state index in [1.807, 2.05) is 41.3 Å². The Bertz CT molecular complexity index is 1340. The summed E-state index contributed by atoms with van der Waals surface area (Å²) >= 11 is 1.59. The lowest BCUT2D eigenvalue weighted by molar-refractivity contribution is -0.128. The molecule has 0 radical (unpaired) electrons. The van der Waals surface area contributed by atoms with Crippen molar-refractivity contribution in [2.45, 2.75) is 78.0 Å². The highest BCUT2D eigenvalue weighted by atomic mass is 32.1. The molecule has 8 nitrogen and oxygen atoms in total. The van der Waals surface area contributed by atoms with Crippen molar-refractivity contribution >= 4 is 23.2 Å². The van der Waals surface area contributed by atoms with Gasteiger partial charge >= 0.3 is 0 Å². The molecule has 40 heavy (non-hydrogen) atoms. The highest BCUT2D eigenvalue weighted by Gasteiger charge is 2.27. The predicted octanol–water partition coefficient (Wildman–Crippen LogP) is 6.18. The Kier molecular flexibility index (Phi) is 8.81. The van der Waals surface area contributed by atoms with Crippen LogP contribution in [-0.4, -0.2) is 52.2 Å². The molecule has 2 aromatic carbocycles. The largest absolute Gasteiger partial charge is 0.457 e. The van der Waals surface area contributed by atoms with Gasteiger partial charge in [-0.1, -0.05) is 45.1 Å². The van der Waals surface area contributed by atoms with Crippen LogP contribution in [0.5, 0.6) is 11.5 Å². The summed E-state index contributed by atoms with van der Waals surface area (Å²) in [7, 11) is 0. The van der Waals surface area contributed by atoms with Crippen LogP contribution in [-0.2, 0) is 16.1 Å². The van der Waals surface area contributed by atoms with E-state index in [4.69, 9.17) is 9.47 Å². The van der Waals surface area contributed by atoms with Crippen LogP contribution in [0.1, 0.15) is 80.2 Å². The zero-order valence-electron chi connectivity index (χ0n) is 23.7. The first-order chi connectivity index (χ1) is 19.3. The van der Waals surface area contributed by atoms with Crippen LogP contribution in [0.4, 0.5) is 0 Å². The van der Waals surface area contributed by atoms with Gasteiger partial charge in [-0.25, -0.2) is 0 Å². The maximum atomic E-state index is 13.3. The molecule has 2 unspecified atom stereocenters. The highest BCUT2D eigenvalue weighted by molar-refractivity contribution is 7.14. The molecule has 3 heterocycles. The van der Waals surface area contributed by atoms with E-state index in [-0.39, 0.29) is 24.0 Å². The number of ether oxygens (including phenoxy) is 2. The van der Waals surface area contributed by atoms with E-state index in [0.717, 1.165) is 46.9 Å². The minimum atomic E-state index is -0.129. The monoisotopic (exact) mass is 562 g/mol. The summed E-state index contributed by atoms with van der Waals surface area (Å²) < 4.78 is 12.2. The zero-order valence-corrected chi connectivity index (χ0v) is 24.5. The fraction of sp³-hybridized carbons (Fsp3) is 0.484. The van der Waals surface area contributed by atoms with Crippen LogP contribution in [0, 0.1) is 5.92 Å². The number of amides is 2. The fourth-order valence-corrected chi connectivity index (χ4v) is 5.92. The number of nitrogens with one attached hydrogen (secondary N) is 1. The molecular weight excluding hydrogens is 524 g/mol. The summed E-state index contributed by atoms with van der Waals surface area (Å²) in [5.41, 5.74) is 2.38. The topological polar surface area (TPSA) is 93.7 Å². The van der Waals surface area contributed by atoms with Gasteiger partial charge in [0.1, 0.15) is 21.5 Å². The van der Waals surface area contributed by atoms with Gasteiger partial charge in [-0.05, 0) is 61.6 Å². The minimum absolute atomic E-state index is 0.0732. The Hall–Kier alpha value is -3.30. The summed E-state index contributed by atoms with van der Waals surface area (Å²) in [5.74, 6) is 1.98. The van der Waals surface area contributed by atoms with Gasteiger partial charge in [-0.2, -0.15) is 0 Å². The molecule has 0 saturated carbocycles. The van der Waals surface area contributed by atoms with Crippen molar-refractivity contribution in [2.24, 2.45) is 5.92 Å². The van der Waals surface area contributed by atoms with E-state index in [1.165, 1.54) is 0 Å². The zero-order chi connectivity index (χ0) is 28.2. The van der Waals surface area contributed by atoms with Crippen molar-refractivity contribution in [3.8, 4) is 22.1 Å². The summed E-state index contributed by atoms with van der Waals surface area (Å²) in [4.78, 5) is 27.5. The third-order valence-corrected chi connectivity index (χ3v) is 8.79. The predicted molar refractivity (Wildman–Crippen MR) is 156 cm³/mol. The van der Waals surface area contributed by atoms with Crippen LogP contribution in [0.2, 0.25) is 0 Å². The smallest absolute Gasteiger partial charge is 0.251 e. The SMILES string of the molecule is CC(C)c1nnc(-c2ccc(Oc3cc(C(=O)NC4CCOC(C(C)C)C4)ccc3CN3CCCC3=O)cc2)s1. The standard InChI is InChI=1S/C31H38N4O4S/c1-19(2)26-17-24(13-15-38-26)32-29(37)22-7-8-23(18-35-14-5-6-28(35)36)27(16-22)39-25-11-9-21(10-12-25)31-34-33-30(40-31)20(3)4/h7-12,16,19-20,24,26H,5-6,13-15,17-18H2,1-4H3,(H,32,37). The third-order valence-electron chi connectivity index (χ3n) is 7.52. The van der Waals surface area contributed by atoms with E-state index < -0.39 is 0 Å². The number of benzene rings is 2. The van der Waals surface area contributed by atoms with Crippen molar-refractivity contribution in [1.29, 1.82) is 0 Å². The van der Waals surface area contributed by atoms with Crippen molar-refractivity contribution in [3.63, 3.8) is 0 Å². The van der Waals surface area contributed by atoms with Crippen LogP contribution in [0.25, 0.3) is 10.6 Å². The number of likely N-dealkylation sites (tertiary alicyclic amines) is 1. The average Bonchev–Trinajstić information content (AvgIpc) is 3.60. The first-order valence-electron chi connectivity index (χ1n) is 14.2. The van der Waals surface area contributed by atoms with Gasteiger partial charge in [0.05, 0.1) is 6.10 Å². The molecule has 0 aliphatic carbocycles. The second-order valence-electron chi connectivity index (χ2n) is 11.3. The molecule has 2 aliphatic heterocycles. The second kappa shape index (κ2) is 12.5. The number of carbonyl (C=O) groups is 2. The Morgan fingerprint density at radius 1 is 1.15 bits per heavy atom. The van der Waals surface area contributed by atoms with Crippen LogP contribution >= 0.6 is 11.3 Å². The first-order valence-corrected chi connectivity index (χ1v) is 15.0. The van der Waals surface area contributed by atoms with Crippen LogP contribution < -0.4 is 10.1 Å². The van der Waals surface area contributed by atoms with Crippen LogP contribution in [0.15, 0.2) is 42.5 Å². The van der Waals surface area contributed by atoms with Gasteiger partial charge in [0.2, 0.25) is 5.91 Å². The lowest BCUT2D eigenvalue weighted by Gasteiger charge is -2.32. The molecule has 3 aromatic rings. The maximum Gasteiger partial charge on any atom is 0.251 e. The molecule has 2 saturated heterocycles. The molecule has 0 spiro atoms. The van der Waals surface area contributed by atoms with E-state index in [1.54, 1.807) is 17.4 Å². The molecular formula is C31H38N4O4S. The van der Waals surface area contributed by atoms with E-state index in [2.05, 4.69) is 43.2 Å². The molecule has 1 aromatic heterocycles. The minimum Gasteiger partial charge on any atom is -0.457 e. The number of aromatic nitrogens is 2. The first kappa shape index (κ1) is 28.2. The van der Waals surface area contributed by atoms with Gasteiger partial charge in [0.25, 0.3) is 5.91 Å². The molecule has 2 aliphatic rings. The number of hydrogen-bond donors (Lipinski definition) is 1. The van der Waals surface area contributed by atoms with Crippen molar-refractivity contribution < 1.29 is 19.1 Å². The van der Waals surface area contributed by atoms with E-state index in [9.17, 15) is 9.59 Å². The quantitative estimate of drug-likeness (QED) is 0.335. The Morgan fingerprint density at radius 2 is 1.95 bits per heavy atom. The summed E-state index contributed by atoms with van der Waals surface area (Å²) in [6.45, 7) is 10.3. The Morgan fingerprint density at radius 3 is 2.62 bits per heavy atom. The molecule has 9 heteroatoms. The molecule has 5 rings (SSSR count). The fourth-order valence-electron chi connectivity index (χ4n) is 5.07. The van der Waals surface area contributed by atoms with Gasteiger partial charge < -0.3 is 19.7 Å². The Balaban J connectivity index is 1.35. The number of rotatable bonds is 9. The normalized spacial score (nSPS) is 19.4. The van der Waals surface area contributed by atoms with Gasteiger partial charge in [-0.3, -0.25) is 9.59 Å². The second-order valence-corrected chi connectivity index (χ2v) is 12.3. The number of hydrogen-bond acceptors (Lipinski definition) is 7. The van der Waals surface area contributed by atoms with E-state index in [0.29, 0.717) is 48.5 Å². The lowest BCUT2D eigenvalue weighted by Crippen LogP contribution is -2.43. The van der Waals surface area contributed by atoms with Crippen molar-refractivity contribution in [3.05, 3.63) is 58.6 Å². The lowest BCUT2D eigenvalue weighted by atomic mass is 9.95. The summed E-state index contributed by atoms with van der Waals surface area (Å²) in [6, 6.07) is 13.3. The summed E-state index contributed by atoms with van der Waals surface area (Å²) in [6.07, 6.45) is 3.20. The van der Waals surface area contributed by atoms with Gasteiger partial charge in [-0.15, -0.1) is 10.2 Å². The molecule has 1 N–H and O–H groups in total. The molecule has 0 bridgehead atoms. The maximum absolute atomic E-state index is 13.3. The molecule has 2 atom stereocenters. The Labute approximate surface area is 240 Å². The van der Waals surface area contributed by atoms with Gasteiger partial charge in [0, 0.05) is 54.8 Å². The third kappa shape index (κ3) is 6.70. The highest BCUT2D eigenvalue weighted by Crippen LogP contribution is 2.32. The van der Waals surface area contributed by atoms with Crippen LogP contribution in [0.3, 0.4) is 0 Å². The van der Waals surface area contributed by atoms with E-state index >= 15 is 0 Å². The molecule has 212 valence electrons. The van der Waals surface area contributed by atoms with Gasteiger partial charge in [0.15, 0.2) is 0 Å². The number of nitrogens with zero attached hydrogens (tertiary/aromatic N) is 3. The van der Waals surface area contributed by atoms with Crippen molar-refractivity contribution in [1.82, 2.24) is 20.4 Å². The number of carbonyl (C=O) groups excluding carboxylic acids is 2. The van der Waals surface area contributed by atoms with Crippen molar-refractivity contribution in [2.75, 3.05) is 13.2 Å². The summed E-state index contributed by atoms with van der Waals surface area (Å²) in [5, 5.41) is 13.7. The molecule has 2 amide bonds. The average molecular weight is 563 g/mol. The molecule has 2 fully saturated rings.